The lowest BCUT2D eigenvalue weighted by atomic mass is 10.2. The summed E-state index contributed by atoms with van der Waals surface area (Å²) in [6, 6.07) is 0. The summed E-state index contributed by atoms with van der Waals surface area (Å²) in [7, 11) is 0. The minimum atomic E-state index is 0.854. The monoisotopic (exact) mass is 169 g/mol. The number of thioether (sulfide) groups is 1. The van der Waals surface area contributed by atoms with Crippen LogP contribution in [0.25, 0.3) is 0 Å². The van der Waals surface area contributed by atoms with E-state index in [0.29, 0.717) is 0 Å². The Labute approximate surface area is 73.3 Å². The second-order valence-corrected chi connectivity index (χ2v) is 4.20. The van der Waals surface area contributed by atoms with Crippen molar-refractivity contribution in [3.8, 4) is 12.3 Å². The van der Waals surface area contributed by atoms with Crippen molar-refractivity contribution in [2.75, 3.05) is 18.8 Å². The molecule has 0 bridgehead atoms. The summed E-state index contributed by atoms with van der Waals surface area (Å²) < 4.78 is 0. The zero-order chi connectivity index (χ0) is 7.94. The molecule has 0 radical (unpaired) electrons. The van der Waals surface area contributed by atoms with Crippen molar-refractivity contribution in [1.29, 1.82) is 0 Å². The second-order valence-electron chi connectivity index (χ2n) is 2.79. The van der Waals surface area contributed by atoms with Gasteiger partial charge in [0.1, 0.15) is 0 Å². The predicted molar refractivity (Wildman–Crippen MR) is 51.8 cm³/mol. The van der Waals surface area contributed by atoms with Gasteiger partial charge in [-0.15, -0.1) is 12.3 Å². The molecule has 1 unspecified atom stereocenters. The van der Waals surface area contributed by atoms with Crippen LogP contribution in [0.4, 0.5) is 0 Å². The Hall–Kier alpha value is -0.130. The average molecular weight is 169 g/mol. The lowest BCUT2D eigenvalue weighted by Crippen LogP contribution is -2.23. The maximum absolute atomic E-state index is 5.13. The van der Waals surface area contributed by atoms with Gasteiger partial charge >= 0.3 is 0 Å². The zero-order valence-corrected chi connectivity index (χ0v) is 7.62. The van der Waals surface area contributed by atoms with Crippen LogP contribution in [0.5, 0.6) is 0 Å². The van der Waals surface area contributed by atoms with E-state index in [4.69, 9.17) is 6.42 Å². The van der Waals surface area contributed by atoms with Crippen molar-refractivity contribution in [2.24, 2.45) is 0 Å². The molecule has 1 fully saturated rings. The third-order valence-corrected chi connectivity index (χ3v) is 3.24. The summed E-state index contributed by atoms with van der Waals surface area (Å²) in [5.74, 6) is 3.97. The van der Waals surface area contributed by atoms with E-state index in [-0.39, 0.29) is 0 Å². The first-order chi connectivity index (χ1) is 5.43. The molecule has 0 amide bonds. The molecule has 0 spiro atoms. The highest BCUT2D eigenvalue weighted by molar-refractivity contribution is 8.00. The molecule has 1 nitrogen and oxygen atoms in total. The molecular formula is C9H15NS. The quantitative estimate of drug-likeness (QED) is 0.505. The minimum Gasteiger partial charge on any atom is -0.315 e. The molecule has 11 heavy (non-hydrogen) atoms. The topological polar surface area (TPSA) is 12.0 Å². The summed E-state index contributed by atoms with van der Waals surface area (Å²) in [5, 5.41) is 4.22. The van der Waals surface area contributed by atoms with Gasteiger partial charge in [0.05, 0.1) is 0 Å². The summed E-state index contributed by atoms with van der Waals surface area (Å²) in [6.07, 6.45) is 8.76. The Morgan fingerprint density at radius 1 is 1.64 bits per heavy atom. The van der Waals surface area contributed by atoms with Crippen LogP contribution in [0.1, 0.15) is 19.3 Å². The Morgan fingerprint density at radius 3 is 3.18 bits per heavy atom. The summed E-state index contributed by atoms with van der Waals surface area (Å²) in [4.78, 5) is 0. The van der Waals surface area contributed by atoms with Crippen molar-refractivity contribution in [3.05, 3.63) is 0 Å². The summed E-state index contributed by atoms with van der Waals surface area (Å²) in [6.45, 7) is 2.12. The van der Waals surface area contributed by atoms with E-state index in [0.717, 1.165) is 24.8 Å². The van der Waals surface area contributed by atoms with E-state index in [1.807, 2.05) is 0 Å². The van der Waals surface area contributed by atoms with Gasteiger partial charge in [-0.25, -0.2) is 0 Å². The van der Waals surface area contributed by atoms with Crippen molar-refractivity contribution >= 4 is 11.8 Å². The van der Waals surface area contributed by atoms with Crippen LogP contribution in [0.15, 0.2) is 0 Å². The molecule has 1 rings (SSSR count). The molecule has 1 heterocycles. The van der Waals surface area contributed by atoms with Crippen molar-refractivity contribution < 1.29 is 0 Å². The third kappa shape index (κ3) is 3.69. The number of rotatable bonds is 4. The summed E-state index contributed by atoms with van der Waals surface area (Å²) >= 11 is 2.09. The predicted octanol–water partition coefficient (Wildman–Crippen LogP) is 1.49. The summed E-state index contributed by atoms with van der Waals surface area (Å²) in [5.41, 5.74) is 0. The minimum absolute atomic E-state index is 0.854. The smallest absolute Gasteiger partial charge is 0.0211 e. The highest BCUT2D eigenvalue weighted by Crippen LogP contribution is 2.24. The first kappa shape index (κ1) is 8.96. The maximum Gasteiger partial charge on any atom is 0.0211 e. The van der Waals surface area contributed by atoms with Gasteiger partial charge < -0.3 is 5.32 Å². The zero-order valence-electron chi connectivity index (χ0n) is 6.81. The molecule has 1 N–H and O–H groups in total. The molecule has 1 aliphatic heterocycles. The van der Waals surface area contributed by atoms with Crippen LogP contribution < -0.4 is 5.32 Å². The van der Waals surface area contributed by atoms with Gasteiger partial charge in [-0.2, -0.15) is 11.8 Å². The fourth-order valence-corrected chi connectivity index (χ4v) is 2.46. The SMILES string of the molecule is C#CCCNCC1CCCS1. The lowest BCUT2D eigenvalue weighted by Gasteiger charge is -2.07. The number of hydrogen-bond acceptors (Lipinski definition) is 2. The molecule has 1 saturated heterocycles. The average Bonchev–Trinajstić information content (AvgIpc) is 2.50. The normalized spacial score (nSPS) is 23.4. The number of hydrogen-bond donors (Lipinski definition) is 1. The molecule has 0 saturated carbocycles. The molecular weight excluding hydrogens is 154 g/mol. The van der Waals surface area contributed by atoms with Gasteiger partial charge in [0.2, 0.25) is 0 Å². The van der Waals surface area contributed by atoms with E-state index < -0.39 is 0 Å². The maximum atomic E-state index is 5.13. The fraction of sp³-hybridized carbons (Fsp3) is 0.778. The molecule has 0 aliphatic carbocycles. The number of terminal acetylenes is 1. The molecule has 0 aromatic carbocycles. The van der Waals surface area contributed by atoms with Crippen molar-refractivity contribution in [1.82, 2.24) is 5.32 Å². The van der Waals surface area contributed by atoms with Crippen LogP contribution in [0, 0.1) is 12.3 Å². The van der Waals surface area contributed by atoms with Gasteiger partial charge in [-0.3, -0.25) is 0 Å². The van der Waals surface area contributed by atoms with E-state index in [1.165, 1.54) is 18.6 Å². The van der Waals surface area contributed by atoms with Crippen LogP contribution in [0.2, 0.25) is 0 Å². The van der Waals surface area contributed by atoms with E-state index >= 15 is 0 Å². The van der Waals surface area contributed by atoms with Crippen LogP contribution in [-0.4, -0.2) is 24.1 Å². The fourth-order valence-electron chi connectivity index (χ4n) is 1.23. The molecule has 0 aromatic heterocycles. The number of nitrogens with one attached hydrogen (secondary N) is 1. The Morgan fingerprint density at radius 2 is 2.55 bits per heavy atom. The van der Waals surface area contributed by atoms with Gasteiger partial charge in [-0.1, -0.05) is 0 Å². The Bertz CT molecular complexity index is 133. The van der Waals surface area contributed by atoms with Crippen molar-refractivity contribution in [3.63, 3.8) is 0 Å². The van der Waals surface area contributed by atoms with E-state index in [2.05, 4.69) is 23.0 Å². The highest BCUT2D eigenvalue weighted by Gasteiger charge is 2.13. The largest absolute Gasteiger partial charge is 0.315 e. The lowest BCUT2D eigenvalue weighted by molar-refractivity contribution is 0.652. The first-order valence-corrected chi connectivity index (χ1v) is 5.24. The van der Waals surface area contributed by atoms with Gasteiger partial charge in [0, 0.05) is 24.8 Å². The second kappa shape index (κ2) is 5.51. The first-order valence-electron chi connectivity index (χ1n) is 4.19. The van der Waals surface area contributed by atoms with Crippen LogP contribution in [0.3, 0.4) is 0 Å². The van der Waals surface area contributed by atoms with Crippen molar-refractivity contribution in [2.45, 2.75) is 24.5 Å². The van der Waals surface area contributed by atoms with Gasteiger partial charge in [0.25, 0.3) is 0 Å². The van der Waals surface area contributed by atoms with Crippen LogP contribution in [-0.2, 0) is 0 Å². The Kier molecular flexibility index (Phi) is 4.49. The molecule has 62 valence electrons. The Balaban J connectivity index is 1.90. The van der Waals surface area contributed by atoms with Gasteiger partial charge in [0.15, 0.2) is 0 Å². The molecule has 1 atom stereocenters. The van der Waals surface area contributed by atoms with E-state index in [1.54, 1.807) is 0 Å². The molecule has 2 heteroatoms. The highest BCUT2D eigenvalue weighted by atomic mass is 32.2. The standard InChI is InChI=1S/C9H15NS/c1-2-3-6-10-8-9-5-4-7-11-9/h1,9-10H,3-8H2. The third-order valence-electron chi connectivity index (χ3n) is 1.84. The van der Waals surface area contributed by atoms with E-state index in [9.17, 15) is 0 Å². The van der Waals surface area contributed by atoms with Crippen LogP contribution >= 0.6 is 11.8 Å². The van der Waals surface area contributed by atoms with Gasteiger partial charge in [-0.05, 0) is 18.6 Å². The molecule has 0 aromatic rings. The molecule has 1 aliphatic rings.